The normalized spacial score (nSPS) is 18.1. The second-order valence-corrected chi connectivity index (χ2v) is 7.55. The Morgan fingerprint density at radius 3 is 2.93 bits per heavy atom. The summed E-state index contributed by atoms with van der Waals surface area (Å²) in [6.45, 7) is 1.01. The van der Waals surface area contributed by atoms with Crippen LogP contribution in [0.4, 0.5) is 0 Å². The van der Waals surface area contributed by atoms with Gasteiger partial charge in [0, 0.05) is 24.5 Å². The van der Waals surface area contributed by atoms with Crippen molar-refractivity contribution in [1.82, 2.24) is 10.2 Å². The first-order valence-electron chi connectivity index (χ1n) is 9.34. The molecule has 0 aromatic heterocycles. The molecule has 1 unspecified atom stereocenters. The van der Waals surface area contributed by atoms with E-state index in [9.17, 15) is 9.59 Å². The van der Waals surface area contributed by atoms with Crippen LogP contribution in [0.25, 0.3) is 0 Å². The lowest BCUT2D eigenvalue weighted by Crippen LogP contribution is -2.46. The molecule has 5 nitrogen and oxygen atoms in total. The quantitative estimate of drug-likeness (QED) is 0.518. The molecule has 28 heavy (non-hydrogen) atoms. The van der Waals surface area contributed by atoms with Crippen LogP contribution >= 0.6 is 23.8 Å². The highest BCUT2D eigenvalue weighted by Gasteiger charge is 2.33. The molecule has 0 saturated heterocycles. The first-order chi connectivity index (χ1) is 13.5. The zero-order chi connectivity index (χ0) is 19.9. The average molecular weight is 416 g/mol. The number of nitrogens with one attached hydrogen (secondary N) is 1. The topological polar surface area (TPSA) is 61.8 Å². The van der Waals surface area contributed by atoms with Gasteiger partial charge in [-0.2, -0.15) is 0 Å². The van der Waals surface area contributed by atoms with E-state index in [1.165, 1.54) is 0 Å². The first-order valence-corrected chi connectivity index (χ1v) is 10.1. The number of fused-ring (bicyclic) bond motifs is 1. The predicted molar refractivity (Wildman–Crippen MR) is 115 cm³/mol. The van der Waals surface area contributed by atoms with Crippen molar-refractivity contribution in [3.63, 3.8) is 0 Å². The SMILES string of the molecule is O=C(CCCCCN1C(=O)C2C=CC=CC2=NC1=S)NCc1cccc(Cl)c1. The summed E-state index contributed by atoms with van der Waals surface area (Å²) >= 11 is 11.2. The van der Waals surface area contributed by atoms with Crippen molar-refractivity contribution in [1.29, 1.82) is 0 Å². The van der Waals surface area contributed by atoms with Crippen LogP contribution in [0.15, 0.2) is 53.6 Å². The Morgan fingerprint density at radius 2 is 2.11 bits per heavy atom. The zero-order valence-electron chi connectivity index (χ0n) is 15.4. The van der Waals surface area contributed by atoms with Crippen LogP contribution in [0.2, 0.25) is 5.02 Å². The molecular formula is C21H22ClN3O2S. The van der Waals surface area contributed by atoms with E-state index in [4.69, 9.17) is 23.8 Å². The Morgan fingerprint density at radius 1 is 1.25 bits per heavy atom. The third-order valence-corrected chi connectivity index (χ3v) is 5.20. The second kappa shape index (κ2) is 9.75. The molecule has 1 N–H and O–H groups in total. The molecule has 1 aliphatic carbocycles. The number of hydrogen-bond donors (Lipinski definition) is 1. The van der Waals surface area contributed by atoms with Crippen molar-refractivity contribution in [2.45, 2.75) is 32.2 Å². The monoisotopic (exact) mass is 415 g/mol. The molecule has 146 valence electrons. The number of hydrogen-bond acceptors (Lipinski definition) is 3. The van der Waals surface area contributed by atoms with Crippen LogP contribution in [0.5, 0.6) is 0 Å². The van der Waals surface area contributed by atoms with Crippen molar-refractivity contribution >= 4 is 46.5 Å². The van der Waals surface area contributed by atoms with Crippen molar-refractivity contribution in [3.8, 4) is 0 Å². The molecule has 1 atom stereocenters. The number of carbonyl (C=O) groups is 2. The molecular weight excluding hydrogens is 394 g/mol. The highest BCUT2D eigenvalue weighted by molar-refractivity contribution is 7.80. The summed E-state index contributed by atoms with van der Waals surface area (Å²) < 4.78 is 0. The van der Waals surface area contributed by atoms with Gasteiger partial charge in [0.15, 0.2) is 0 Å². The van der Waals surface area contributed by atoms with Crippen LogP contribution in [-0.2, 0) is 16.1 Å². The van der Waals surface area contributed by atoms with Crippen molar-refractivity contribution < 1.29 is 9.59 Å². The molecule has 1 aromatic carbocycles. The maximum atomic E-state index is 12.6. The van der Waals surface area contributed by atoms with E-state index in [-0.39, 0.29) is 17.7 Å². The second-order valence-electron chi connectivity index (χ2n) is 6.75. The highest BCUT2D eigenvalue weighted by Crippen LogP contribution is 2.20. The van der Waals surface area contributed by atoms with Gasteiger partial charge >= 0.3 is 0 Å². The van der Waals surface area contributed by atoms with Gasteiger partial charge in [-0.15, -0.1) is 0 Å². The van der Waals surface area contributed by atoms with Crippen molar-refractivity contribution in [2.75, 3.05) is 6.54 Å². The number of thiocarbonyl (C=S) groups is 1. The fraction of sp³-hybridized carbons (Fsp3) is 0.333. The van der Waals surface area contributed by atoms with Crippen LogP contribution in [0.1, 0.15) is 31.2 Å². The van der Waals surface area contributed by atoms with Gasteiger partial charge in [0.1, 0.15) is 0 Å². The van der Waals surface area contributed by atoms with E-state index >= 15 is 0 Å². The molecule has 0 radical (unpaired) electrons. The Bertz CT molecular complexity index is 863. The molecule has 0 spiro atoms. The largest absolute Gasteiger partial charge is 0.352 e. The van der Waals surface area contributed by atoms with Crippen LogP contribution < -0.4 is 5.32 Å². The third kappa shape index (κ3) is 5.36. The molecule has 1 heterocycles. The van der Waals surface area contributed by atoms with E-state index < -0.39 is 0 Å². The lowest BCUT2D eigenvalue weighted by Gasteiger charge is -2.30. The average Bonchev–Trinajstić information content (AvgIpc) is 2.68. The van der Waals surface area contributed by atoms with Crippen LogP contribution in [0, 0.1) is 5.92 Å². The molecule has 0 fully saturated rings. The predicted octanol–water partition coefficient (Wildman–Crippen LogP) is 3.83. The fourth-order valence-corrected chi connectivity index (χ4v) is 3.65. The number of unbranched alkanes of at least 4 members (excludes halogenated alkanes) is 2. The Hall–Kier alpha value is -2.31. The summed E-state index contributed by atoms with van der Waals surface area (Å²) in [6, 6.07) is 7.43. The lowest BCUT2D eigenvalue weighted by atomic mass is 9.95. The molecule has 2 aliphatic rings. The summed E-state index contributed by atoms with van der Waals surface area (Å²) in [7, 11) is 0. The number of benzene rings is 1. The zero-order valence-corrected chi connectivity index (χ0v) is 17.0. The number of halogens is 1. The van der Waals surface area contributed by atoms with E-state index in [0.717, 1.165) is 24.8 Å². The molecule has 2 amide bonds. The van der Waals surface area contributed by atoms with Gasteiger partial charge in [0.05, 0.1) is 11.6 Å². The molecule has 1 aliphatic heterocycles. The minimum Gasteiger partial charge on any atom is -0.352 e. The maximum Gasteiger partial charge on any atom is 0.241 e. The summed E-state index contributed by atoms with van der Waals surface area (Å²) in [4.78, 5) is 30.5. The molecule has 7 heteroatoms. The summed E-state index contributed by atoms with van der Waals surface area (Å²) in [5, 5.41) is 3.89. The van der Waals surface area contributed by atoms with E-state index in [1.807, 2.05) is 42.5 Å². The van der Waals surface area contributed by atoms with Crippen LogP contribution in [0.3, 0.4) is 0 Å². The van der Waals surface area contributed by atoms with Gasteiger partial charge in [0.25, 0.3) is 0 Å². The number of carbonyl (C=O) groups excluding carboxylic acids is 2. The Balaban J connectivity index is 1.35. The standard InChI is InChI=1S/C21H22ClN3O2S/c22-16-8-6-7-15(13-16)14-23-19(26)11-2-1-5-12-25-20(27)17-9-3-4-10-18(17)24-21(25)28/h3-4,6-10,13,17H,1-2,5,11-12,14H2,(H,23,26). The number of nitrogens with zero attached hydrogens (tertiary/aromatic N) is 2. The minimum absolute atomic E-state index is 0.0120. The third-order valence-electron chi connectivity index (χ3n) is 4.65. The molecule has 0 saturated carbocycles. The minimum atomic E-state index is -0.325. The highest BCUT2D eigenvalue weighted by atomic mass is 35.5. The van der Waals surface area contributed by atoms with E-state index in [0.29, 0.717) is 35.4 Å². The number of amides is 2. The summed E-state index contributed by atoms with van der Waals surface area (Å²) in [6.07, 6.45) is 10.2. The summed E-state index contributed by atoms with van der Waals surface area (Å²) in [5.41, 5.74) is 1.69. The molecule has 1 aromatic rings. The number of aliphatic imine (C=N–C) groups is 1. The molecule has 3 rings (SSSR count). The lowest BCUT2D eigenvalue weighted by molar-refractivity contribution is -0.128. The summed E-state index contributed by atoms with van der Waals surface area (Å²) in [5.74, 6) is -0.332. The number of allylic oxidation sites excluding steroid dienone is 3. The van der Waals surface area contributed by atoms with E-state index in [1.54, 1.807) is 11.0 Å². The van der Waals surface area contributed by atoms with Gasteiger partial charge in [0.2, 0.25) is 16.9 Å². The molecule has 0 bridgehead atoms. The van der Waals surface area contributed by atoms with E-state index in [2.05, 4.69) is 10.3 Å². The first kappa shape index (κ1) is 20.4. The fourth-order valence-electron chi connectivity index (χ4n) is 3.15. The smallest absolute Gasteiger partial charge is 0.241 e. The van der Waals surface area contributed by atoms with Gasteiger partial charge in [-0.05, 0) is 48.8 Å². The Labute approximate surface area is 175 Å². The Kier molecular flexibility index (Phi) is 7.12. The van der Waals surface area contributed by atoms with Crippen LogP contribution in [-0.4, -0.2) is 34.1 Å². The van der Waals surface area contributed by atoms with Gasteiger partial charge in [-0.25, -0.2) is 4.99 Å². The van der Waals surface area contributed by atoms with Crippen molar-refractivity contribution in [2.24, 2.45) is 10.9 Å². The van der Waals surface area contributed by atoms with Crippen molar-refractivity contribution in [3.05, 3.63) is 59.2 Å². The van der Waals surface area contributed by atoms with Gasteiger partial charge < -0.3 is 5.32 Å². The maximum absolute atomic E-state index is 12.6. The van der Waals surface area contributed by atoms with Gasteiger partial charge in [-0.1, -0.05) is 48.4 Å². The number of rotatable bonds is 8. The van der Waals surface area contributed by atoms with Gasteiger partial charge in [-0.3, -0.25) is 14.5 Å².